The van der Waals surface area contributed by atoms with Gasteiger partial charge in [-0.1, -0.05) is 0 Å². The Labute approximate surface area is 104 Å². The second kappa shape index (κ2) is 3.73. The number of hydrogen-bond acceptors (Lipinski definition) is 3. The lowest BCUT2D eigenvalue weighted by Gasteiger charge is -2.19. The molecule has 2 aromatic rings. The van der Waals surface area contributed by atoms with Crippen LogP contribution in [0.4, 0.5) is 5.69 Å². The van der Waals surface area contributed by atoms with Gasteiger partial charge < -0.3 is 15.0 Å². The number of aryl methyl sites for hydroxylation is 1. The second-order valence-corrected chi connectivity index (χ2v) is 4.88. The highest BCUT2D eigenvalue weighted by molar-refractivity contribution is 5.81. The topological polar surface area (TPSA) is 69.2 Å². The van der Waals surface area contributed by atoms with Gasteiger partial charge >= 0.3 is 5.97 Å². The number of carboxylic acid groups (broad SMARTS) is 1. The minimum atomic E-state index is -0.703. The lowest BCUT2D eigenvalue weighted by molar-refractivity contribution is -0.138. The van der Waals surface area contributed by atoms with Gasteiger partial charge in [-0.05, 0) is 31.5 Å². The molecule has 0 bridgehead atoms. The molecule has 0 aliphatic heterocycles. The van der Waals surface area contributed by atoms with E-state index < -0.39 is 5.97 Å². The molecule has 5 heteroatoms. The normalized spacial score (nSPS) is 22.1. The van der Waals surface area contributed by atoms with Crippen molar-refractivity contribution in [3.05, 3.63) is 24.0 Å². The molecule has 94 valence electrons. The fourth-order valence-electron chi connectivity index (χ4n) is 2.41. The third kappa shape index (κ3) is 1.72. The van der Waals surface area contributed by atoms with E-state index in [4.69, 9.17) is 5.11 Å². The second-order valence-electron chi connectivity index (χ2n) is 4.88. The van der Waals surface area contributed by atoms with Gasteiger partial charge in [-0.2, -0.15) is 0 Å². The molecule has 1 aromatic carbocycles. The predicted molar refractivity (Wildman–Crippen MR) is 68.8 cm³/mol. The highest BCUT2D eigenvalue weighted by Gasteiger charge is 2.46. The van der Waals surface area contributed by atoms with Gasteiger partial charge in [-0.15, -0.1) is 0 Å². The first kappa shape index (κ1) is 11.1. The number of anilines is 1. The van der Waals surface area contributed by atoms with E-state index in [9.17, 15) is 4.79 Å². The maximum atomic E-state index is 10.9. The highest BCUT2D eigenvalue weighted by Crippen LogP contribution is 2.38. The minimum Gasteiger partial charge on any atom is -0.481 e. The zero-order chi connectivity index (χ0) is 12.9. The van der Waals surface area contributed by atoms with E-state index in [2.05, 4.69) is 9.97 Å². The molecule has 1 saturated carbocycles. The lowest BCUT2D eigenvalue weighted by atomic mass is 10.2. The summed E-state index contributed by atoms with van der Waals surface area (Å²) in [5.41, 5.74) is 2.96. The molecule has 0 spiro atoms. The Balaban J connectivity index is 1.88. The van der Waals surface area contributed by atoms with E-state index in [0.29, 0.717) is 0 Å². The number of imidazole rings is 1. The first-order chi connectivity index (χ1) is 8.56. The van der Waals surface area contributed by atoms with Crippen molar-refractivity contribution in [1.29, 1.82) is 0 Å². The molecule has 2 atom stereocenters. The minimum absolute atomic E-state index is 0.115. The molecular weight excluding hydrogens is 230 g/mol. The fraction of sp³-hybridized carbons (Fsp3) is 0.385. The van der Waals surface area contributed by atoms with Gasteiger partial charge in [0.15, 0.2) is 0 Å². The number of nitrogens with zero attached hydrogens (tertiary/aromatic N) is 2. The predicted octanol–water partition coefficient (Wildman–Crippen LogP) is 1.78. The molecule has 2 unspecified atom stereocenters. The van der Waals surface area contributed by atoms with Crippen LogP contribution in [0.25, 0.3) is 11.0 Å². The summed E-state index contributed by atoms with van der Waals surface area (Å²) in [6.45, 7) is 1.92. The summed E-state index contributed by atoms with van der Waals surface area (Å²) < 4.78 is 0. The number of fused-ring (bicyclic) bond motifs is 1. The Kier molecular flexibility index (Phi) is 2.29. The molecule has 1 heterocycles. The van der Waals surface area contributed by atoms with Crippen LogP contribution < -0.4 is 4.90 Å². The maximum absolute atomic E-state index is 10.9. The van der Waals surface area contributed by atoms with Gasteiger partial charge in [0.1, 0.15) is 5.82 Å². The Morgan fingerprint density at radius 2 is 2.33 bits per heavy atom. The molecule has 1 aliphatic rings. The van der Waals surface area contributed by atoms with Crippen molar-refractivity contribution in [2.75, 3.05) is 11.9 Å². The Bertz CT molecular complexity index is 620. The van der Waals surface area contributed by atoms with Crippen LogP contribution in [0.5, 0.6) is 0 Å². The number of aromatic amines is 1. The first-order valence-electron chi connectivity index (χ1n) is 5.98. The van der Waals surface area contributed by atoms with Gasteiger partial charge in [-0.25, -0.2) is 4.98 Å². The molecule has 1 aromatic heterocycles. The maximum Gasteiger partial charge on any atom is 0.308 e. The molecule has 1 aliphatic carbocycles. The molecule has 0 saturated heterocycles. The van der Waals surface area contributed by atoms with Gasteiger partial charge in [-0.3, -0.25) is 4.79 Å². The smallest absolute Gasteiger partial charge is 0.308 e. The summed E-state index contributed by atoms with van der Waals surface area (Å²) in [6, 6.07) is 6.08. The largest absolute Gasteiger partial charge is 0.481 e. The summed E-state index contributed by atoms with van der Waals surface area (Å²) in [5.74, 6) is -0.0425. The molecule has 1 fully saturated rings. The van der Waals surface area contributed by atoms with E-state index in [1.807, 2.05) is 37.1 Å². The lowest BCUT2D eigenvalue weighted by Crippen LogP contribution is -2.23. The molecular formula is C13H15N3O2. The zero-order valence-corrected chi connectivity index (χ0v) is 10.3. The van der Waals surface area contributed by atoms with Crippen LogP contribution in [-0.4, -0.2) is 34.1 Å². The number of carbonyl (C=O) groups is 1. The monoisotopic (exact) mass is 245 g/mol. The van der Waals surface area contributed by atoms with E-state index >= 15 is 0 Å². The van der Waals surface area contributed by atoms with Crippen molar-refractivity contribution in [2.24, 2.45) is 5.92 Å². The molecule has 18 heavy (non-hydrogen) atoms. The Morgan fingerprint density at radius 1 is 1.56 bits per heavy atom. The number of nitrogens with one attached hydrogen (secondary N) is 1. The van der Waals surface area contributed by atoms with Crippen LogP contribution in [0.2, 0.25) is 0 Å². The van der Waals surface area contributed by atoms with Gasteiger partial charge in [0, 0.05) is 18.8 Å². The first-order valence-corrected chi connectivity index (χ1v) is 5.98. The van der Waals surface area contributed by atoms with Crippen molar-refractivity contribution in [2.45, 2.75) is 19.4 Å². The van der Waals surface area contributed by atoms with E-state index in [0.717, 1.165) is 29.0 Å². The van der Waals surface area contributed by atoms with Gasteiger partial charge in [0.05, 0.1) is 17.0 Å². The summed E-state index contributed by atoms with van der Waals surface area (Å²) in [6.07, 6.45) is 0.728. The molecule has 0 radical (unpaired) electrons. The van der Waals surface area contributed by atoms with Gasteiger partial charge in [0.2, 0.25) is 0 Å². The molecule has 3 rings (SSSR count). The molecule has 0 amide bonds. The van der Waals surface area contributed by atoms with Crippen LogP contribution in [0.1, 0.15) is 12.2 Å². The Hall–Kier alpha value is -2.04. The van der Waals surface area contributed by atoms with E-state index in [-0.39, 0.29) is 12.0 Å². The number of hydrogen-bond donors (Lipinski definition) is 2. The van der Waals surface area contributed by atoms with Crippen LogP contribution in [0, 0.1) is 12.8 Å². The number of H-pyrrole nitrogens is 1. The number of aromatic nitrogens is 2. The van der Waals surface area contributed by atoms with Crippen LogP contribution in [0.15, 0.2) is 18.2 Å². The summed E-state index contributed by atoms with van der Waals surface area (Å²) in [4.78, 5) is 20.5. The van der Waals surface area contributed by atoms with Crippen LogP contribution in [-0.2, 0) is 4.79 Å². The van der Waals surface area contributed by atoms with E-state index in [1.165, 1.54) is 0 Å². The average molecular weight is 245 g/mol. The average Bonchev–Trinajstić information content (AvgIpc) is 3.03. The standard InChI is InChI=1S/C13H15N3O2/c1-7-14-10-4-3-8(5-11(10)15-7)16(2)12-6-9(12)13(17)18/h3-5,9,12H,6H2,1-2H3,(H,14,15)(H,17,18). The quantitative estimate of drug-likeness (QED) is 0.864. The summed E-state index contributed by atoms with van der Waals surface area (Å²) in [5, 5.41) is 8.95. The summed E-state index contributed by atoms with van der Waals surface area (Å²) >= 11 is 0. The zero-order valence-electron chi connectivity index (χ0n) is 10.3. The van der Waals surface area contributed by atoms with Crippen molar-refractivity contribution in [3.8, 4) is 0 Å². The number of carboxylic acids is 1. The van der Waals surface area contributed by atoms with E-state index in [1.54, 1.807) is 0 Å². The van der Waals surface area contributed by atoms with Crippen molar-refractivity contribution >= 4 is 22.7 Å². The highest BCUT2D eigenvalue weighted by atomic mass is 16.4. The van der Waals surface area contributed by atoms with Crippen molar-refractivity contribution in [1.82, 2.24) is 9.97 Å². The number of benzene rings is 1. The van der Waals surface area contributed by atoms with Crippen molar-refractivity contribution < 1.29 is 9.90 Å². The van der Waals surface area contributed by atoms with Crippen LogP contribution >= 0.6 is 0 Å². The molecule has 2 N–H and O–H groups in total. The van der Waals surface area contributed by atoms with Crippen molar-refractivity contribution in [3.63, 3.8) is 0 Å². The third-order valence-corrected chi connectivity index (χ3v) is 3.56. The Morgan fingerprint density at radius 3 is 3.00 bits per heavy atom. The van der Waals surface area contributed by atoms with Crippen LogP contribution in [0.3, 0.4) is 0 Å². The fourth-order valence-corrected chi connectivity index (χ4v) is 2.41. The third-order valence-electron chi connectivity index (χ3n) is 3.56. The SMILES string of the molecule is Cc1nc2ccc(N(C)C3CC3C(=O)O)cc2[nH]1. The summed E-state index contributed by atoms with van der Waals surface area (Å²) in [7, 11) is 1.94. The number of rotatable bonds is 3. The van der Waals surface area contributed by atoms with Gasteiger partial charge in [0.25, 0.3) is 0 Å². The molecule has 5 nitrogen and oxygen atoms in total. The number of aliphatic carboxylic acids is 1.